The summed E-state index contributed by atoms with van der Waals surface area (Å²) in [5.41, 5.74) is 2.69. The summed E-state index contributed by atoms with van der Waals surface area (Å²) < 4.78 is 11.5. The molecule has 0 radical (unpaired) electrons. The molecule has 0 aromatic heterocycles. The zero-order valence-corrected chi connectivity index (χ0v) is 20.6. The van der Waals surface area contributed by atoms with Crippen molar-refractivity contribution in [2.75, 3.05) is 34.0 Å². The van der Waals surface area contributed by atoms with Gasteiger partial charge in [0.1, 0.15) is 11.5 Å². The molecular weight excluding hydrogens is 384 g/mol. The van der Waals surface area contributed by atoms with Gasteiger partial charge in [-0.05, 0) is 23.0 Å². The molecule has 1 heterocycles. The second-order valence-electron chi connectivity index (χ2n) is 10.8. The van der Waals surface area contributed by atoms with Gasteiger partial charge in [-0.2, -0.15) is 0 Å². The maximum Gasteiger partial charge on any atom is 0.123 e. The lowest BCUT2D eigenvalue weighted by molar-refractivity contribution is 0.0616. The van der Waals surface area contributed by atoms with Crippen molar-refractivity contribution >= 4 is 0 Å². The molecule has 3 rings (SSSR count). The van der Waals surface area contributed by atoms with E-state index in [1.54, 1.807) is 14.2 Å². The highest BCUT2D eigenvalue weighted by Gasteiger charge is 2.42. The molecule has 31 heavy (non-hydrogen) atoms. The monoisotopic (exact) mass is 424 g/mol. The van der Waals surface area contributed by atoms with Crippen molar-refractivity contribution in [2.24, 2.45) is 10.8 Å². The molecule has 4 heteroatoms. The van der Waals surface area contributed by atoms with Crippen LogP contribution in [0.5, 0.6) is 11.5 Å². The summed E-state index contributed by atoms with van der Waals surface area (Å²) in [5, 5.41) is 0. The molecule has 2 aromatic carbocycles. The Morgan fingerprint density at radius 2 is 1.00 bits per heavy atom. The number of nitrogens with zero attached hydrogens (tertiary/aromatic N) is 2. The van der Waals surface area contributed by atoms with E-state index >= 15 is 0 Å². The molecule has 170 valence electrons. The zero-order valence-electron chi connectivity index (χ0n) is 20.6. The Morgan fingerprint density at radius 1 is 0.645 bits per heavy atom. The van der Waals surface area contributed by atoms with Gasteiger partial charge in [-0.3, -0.25) is 9.80 Å². The summed E-state index contributed by atoms with van der Waals surface area (Å²) in [6.07, 6.45) is 0. The van der Waals surface area contributed by atoms with Crippen LogP contribution >= 0.6 is 0 Å². The second-order valence-corrected chi connectivity index (χ2v) is 10.8. The molecule has 1 saturated heterocycles. The number of rotatable bonds is 6. The summed E-state index contributed by atoms with van der Waals surface area (Å²) in [7, 11) is 3.54. The number of benzene rings is 2. The Balaban J connectivity index is 1.96. The van der Waals surface area contributed by atoms with Crippen LogP contribution in [0, 0.1) is 10.8 Å². The molecule has 4 nitrogen and oxygen atoms in total. The fourth-order valence-corrected chi connectivity index (χ4v) is 5.26. The normalized spacial score (nSPS) is 18.1. The SMILES string of the molecule is COc1ccccc1[C@H](N1CCN([C@@H](c2ccccc2OC)C(C)(C)C)C1)C(C)(C)C. The highest BCUT2D eigenvalue weighted by atomic mass is 16.5. The summed E-state index contributed by atoms with van der Waals surface area (Å²) in [4.78, 5) is 5.23. The van der Waals surface area contributed by atoms with E-state index < -0.39 is 0 Å². The molecule has 0 spiro atoms. The van der Waals surface area contributed by atoms with Crippen molar-refractivity contribution in [2.45, 2.75) is 53.6 Å². The third kappa shape index (κ3) is 5.07. The summed E-state index contributed by atoms with van der Waals surface area (Å²) >= 11 is 0. The smallest absolute Gasteiger partial charge is 0.123 e. The molecule has 2 aromatic rings. The fourth-order valence-electron chi connectivity index (χ4n) is 5.26. The minimum Gasteiger partial charge on any atom is -0.496 e. The number of hydrogen-bond donors (Lipinski definition) is 0. The molecule has 0 N–H and O–H groups in total. The Hall–Kier alpha value is -2.04. The van der Waals surface area contributed by atoms with Gasteiger partial charge >= 0.3 is 0 Å². The first-order valence-electron chi connectivity index (χ1n) is 11.3. The molecule has 0 aliphatic carbocycles. The number of methoxy groups -OCH3 is 2. The van der Waals surface area contributed by atoms with Gasteiger partial charge in [0.05, 0.1) is 20.9 Å². The van der Waals surface area contributed by atoms with Crippen molar-refractivity contribution in [1.82, 2.24) is 9.80 Å². The summed E-state index contributed by atoms with van der Waals surface area (Å²) in [6.45, 7) is 16.9. The van der Waals surface area contributed by atoms with Gasteiger partial charge in [-0.15, -0.1) is 0 Å². The Morgan fingerprint density at radius 3 is 1.32 bits per heavy atom. The molecule has 1 fully saturated rings. The van der Waals surface area contributed by atoms with Crippen molar-refractivity contribution in [3.63, 3.8) is 0 Å². The Bertz CT molecular complexity index is 795. The van der Waals surface area contributed by atoms with E-state index in [2.05, 4.69) is 99.9 Å². The van der Waals surface area contributed by atoms with Crippen LogP contribution < -0.4 is 9.47 Å². The molecule has 1 aliphatic heterocycles. The third-order valence-electron chi connectivity index (χ3n) is 6.28. The van der Waals surface area contributed by atoms with Gasteiger partial charge in [0.15, 0.2) is 0 Å². The number of para-hydroxylation sites is 2. The molecule has 0 bridgehead atoms. The number of hydrogen-bond acceptors (Lipinski definition) is 4. The molecule has 0 amide bonds. The molecule has 2 atom stereocenters. The van der Waals surface area contributed by atoms with E-state index in [0.29, 0.717) is 0 Å². The first kappa shape index (κ1) is 23.6. The van der Waals surface area contributed by atoms with E-state index in [1.807, 2.05) is 0 Å². The van der Waals surface area contributed by atoms with Crippen LogP contribution in [0.3, 0.4) is 0 Å². The predicted octanol–water partition coefficient (Wildman–Crippen LogP) is 6.15. The van der Waals surface area contributed by atoms with Crippen LogP contribution in [0.2, 0.25) is 0 Å². The van der Waals surface area contributed by atoms with E-state index in [1.165, 1.54) is 11.1 Å². The standard InChI is InChI=1S/C27H40N2O2/c1-26(2,3)24(20-13-9-11-15-22(20)30-7)28-17-18-29(19-28)25(27(4,5)6)21-14-10-12-16-23(21)31-8/h9-16,24-25H,17-19H2,1-8H3/t24-,25-/m0/s1. The van der Waals surface area contributed by atoms with Crippen LogP contribution in [0.4, 0.5) is 0 Å². The van der Waals surface area contributed by atoms with Crippen molar-refractivity contribution < 1.29 is 9.47 Å². The van der Waals surface area contributed by atoms with Crippen molar-refractivity contribution in [3.8, 4) is 11.5 Å². The highest BCUT2D eigenvalue weighted by molar-refractivity contribution is 5.38. The molecule has 0 unspecified atom stereocenters. The van der Waals surface area contributed by atoms with Crippen LogP contribution in [-0.4, -0.2) is 43.8 Å². The Labute approximate surface area is 189 Å². The lowest BCUT2D eigenvalue weighted by Crippen LogP contribution is -2.40. The third-order valence-corrected chi connectivity index (χ3v) is 6.28. The van der Waals surface area contributed by atoms with Crippen LogP contribution in [0.1, 0.15) is 64.8 Å². The van der Waals surface area contributed by atoms with E-state index in [4.69, 9.17) is 9.47 Å². The van der Waals surface area contributed by atoms with E-state index in [-0.39, 0.29) is 22.9 Å². The molecule has 1 aliphatic rings. The average Bonchev–Trinajstić information content (AvgIpc) is 3.15. The average molecular weight is 425 g/mol. The van der Waals surface area contributed by atoms with Gasteiger partial charge in [0.25, 0.3) is 0 Å². The van der Waals surface area contributed by atoms with Crippen LogP contribution in [0.15, 0.2) is 48.5 Å². The van der Waals surface area contributed by atoms with Gasteiger partial charge < -0.3 is 9.47 Å². The van der Waals surface area contributed by atoms with Gasteiger partial charge in [-0.25, -0.2) is 0 Å². The maximum absolute atomic E-state index is 5.75. The minimum atomic E-state index is 0.0757. The quantitative estimate of drug-likeness (QED) is 0.555. The molecular formula is C27H40N2O2. The lowest BCUT2D eigenvalue weighted by atomic mass is 9.80. The fraction of sp³-hybridized carbons (Fsp3) is 0.556. The first-order chi connectivity index (χ1) is 14.6. The maximum atomic E-state index is 5.75. The highest BCUT2D eigenvalue weighted by Crippen LogP contribution is 2.46. The first-order valence-corrected chi connectivity index (χ1v) is 11.3. The molecule has 0 saturated carbocycles. The summed E-state index contributed by atoms with van der Waals surface area (Å²) in [6, 6.07) is 17.5. The predicted molar refractivity (Wildman–Crippen MR) is 129 cm³/mol. The zero-order chi connectivity index (χ0) is 22.8. The lowest BCUT2D eigenvalue weighted by Gasteiger charge is -2.41. The van der Waals surface area contributed by atoms with Crippen LogP contribution in [0.25, 0.3) is 0 Å². The van der Waals surface area contributed by atoms with Crippen molar-refractivity contribution in [1.29, 1.82) is 0 Å². The largest absolute Gasteiger partial charge is 0.496 e. The number of ether oxygens (including phenoxy) is 2. The van der Waals surface area contributed by atoms with Gasteiger partial charge in [0, 0.05) is 36.3 Å². The van der Waals surface area contributed by atoms with Gasteiger partial charge in [-0.1, -0.05) is 77.9 Å². The van der Waals surface area contributed by atoms with Crippen molar-refractivity contribution in [3.05, 3.63) is 59.7 Å². The topological polar surface area (TPSA) is 24.9 Å². The summed E-state index contributed by atoms with van der Waals surface area (Å²) in [5.74, 6) is 1.94. The van der Waals surface area contributed by atoms with E-state index in [9.17, 15) is 0 Å². The second kappa shape index (κ2) is 9.22. The van der Waals surface area contributed by atoms with Crippen LogP contribution in [-0.2, 0) is 0 Å². The minimum absolute atomic E-state index is 0.0757. The Kier molecular flexibility index (Phi) is 7.02. The van der Waals surface area contributed by atoms with Gasteiger partial charge in [0.2, 0.25) is 0 Å². The van der Waals surface area contributed by atoms with E-state index in [0.717, 1.165) is 31.3 Å².